The van der Waals surface area contributed by atoms with Crippen LogP contribution in [0.2, 0.25) is 0 Å². The molecule has 0 bridgehead atoms. The van der Waals surface area contributed by atoms with E-state index in [4.69, 9.17) is 5.73 Å². The lowest BCUT2D eigenvalue weighted by Gasteiger charge is -2.27. The first kappa shape index (κ1) is 13.4. The van der Waals surface area contributed by atoms with Crippen LogP contribution in [0.1, 0.15) is 27.8 Å². The second-order valence-electron chi connectivity index (χ2n) is 6.50. The average Bonchev–Trinajstić information content (AvgIpc) is 2.76. The molecule has 104 valence electrons. The Balaban J connectivity index is 1.89. The van der Waals surface area contributed by atoms with Gasteiger partial charge in [0.05, 0.1) is 0 Å². The number of rotatable bonds is 3. The normalized spacial score (nSPS) is 16.1. The Morgan fingerprint density at radius 1 is 0.950 bits per heavy atom. The molecule has 0 saturated heterocycles. The zero-order valence-electron chi connectivity index (χ0n) is 12.4. The highest BCUT2D eigenvalue weighted by molar-refractivity contribution is 5.37. The number of fused-ring (bicyclic) bond motifs is 1. The van der Waals surface area contributed by atoms with Crippen molar-refractivity contribution in [1.29, 1.82) is 0 Å². The lowest BCUT2D eigenvalue weighted by Crippen LogP contribution is -2.33. The van der Waals surface area contributed by atoms with Crippen LogP contribution in [-0.2, 0) is 19.3 Å². The molecule has 0 aromatic heterocycles. The molecule has 2 aromatic carbocycles. The molecular weight excluding hydrogens is 242 g/mol. The number of nitrogens with two attached hydrogens (primary N) is 1. The van der Waals surface area contributed by atoms with Crippen LogP contribution in [0.4, 0.5) is 0 Å². The number of benzene rings is 2. The van der Waals surface area contributed by atoms with E-state index in [2.05, 4.69) is 56.3 Å². The molecule has 0 spiro atoms. The summed E-state index contributed by atoms with van der Waals surface area (Å²) in [6, 6.07) is 15.7. The Kier molecular flexibility index (Phi) is 3.39. The third-order valence-electron chi connectivity index (χ3n) is 4.54. The highest BCUT2D eigenvalue weighted by Gasteiger charge is 2.35. The van der Waals surface area contributed by atoms with E-state index in [0.717, 1.165) is 25.8 Å². The molecule has 1 aliphatic carbocycles. The molecule has 0 heterocycles. The third-order valence-corrected chi connectivity index (χ3v) is 4.54. The van der Waals surface area contributed by atoms with E-state index in [-0.39, 0.29) is 5.41 Å². The standard InChI is InChI=1S/C19H23N/c1-14-7-15(2)9-16(8-14)10-19(13-20)11-17-5-3-4-6-18(17)12-19/h3-9H,10-13,20H2,1-2H3. The van der Waals surface area contributed by atoms with E-state index >= 15 is 0 Å². The minimum Gasteiger partial charge on any atom is -0.330 e. The van der Waals surface area contributed by atoms with Crippen molar-refractivity contribution in [3.63, 3.8) is 0 Å². The predicted molar refractivity (Wildman–Crippen MR) is 85.0 cm³/mol. The van der Waals surface area contributed by atoms with E-state index in [1.807, 2.05) is 0 Å². The Hall–Kier alpha value is -1.60. The summed E-state index contributed by atoms with van der Waals surface area (Å²) in [6.45, 7) is 5.11. The van der Waals surface area contributed by atoms with Gasteiger partial charge >= 0.3 is 0 Å². The first-order valence-electron chi connectivity index (χ1n) is 7.44. The topological polar surface area (TPSA) is 26.0 Å². The van der Waals surface area contributed by atoms with Crippen LogP contribution in [0.15, 0.2) is 42.5 Å². The van der Waals surface area contributed by atoms with E-state index in [9.17, 15) is 0 Å². The van der Waals surface area contributed by atoms with E-state index < -0.39 is 0 Å². The van der Waals surface area contributed by atoms with Crippen LogP contribution in [0.3, 0.4) is 0 Å². The maximum Gasteiger partial charge on any atom is -0.00109 e. The monoisotopic (exact) mass is 265 g/mol. The molecule has 0 unspecified atom stereocenters. The van der Waals surface area contributed by atoms with Gasteiger partial charge in [-0.1, -0.05) is 53.6 Å². The number of aryl methyl sites for hydroxylation is 2. The molecule has 0 atom stereocenters. The minimum absolute atomic E-state index is 0.212. The van der Waals surface area contributed by atoms with Gasteiger partial charge in [0, 0.05) is 0 Å². The summed E-state index contributed by atoms with van der Waals surface area (Å²) in [5.74, 6) is 0. The maximum absolute atomic E-state index is 6.17. The molecule has 0 saturated carbocycles. The van der Waals surface area contributed by atoms with Gasteiger partial charge in [-0.15, -0.1) is 0 Å². The van der Waals surface area contributed by atoms with Crippen molar-refractivity contribution < 1.29 is 0 Å². The zero-order chi connectivity index (χ0) is 14.2. The molecule has 0 fully saturated rings. The number of hydrogen-bond donors (Lipinski definition) is 1. The van der Waals surface area contributed by atoms with E-state index in [1.165, 1.54) is 27.8 Å². The van der Waals surface area contributed by atoms with Gasteiger partial charge in [-0.3, -0.25) is 0 Å². The Bertz CT molecular complexity index is 582. The summed E-state index contributed by atoms with van der Waals surface area (Å²) < 4.78 is 0. The van der Waals surface area contributed by atoms with Crippen LogP contribution in [-0.4, -0.2) is 6.54 Å². The summed E-state index contributed by atoms with van der Waals surface area (Å²) in [5, 5.41) is 0. The van der Waals surface area contributed by atoms with E-state index in [0.29, 0.717) is 0 Å². The van der Waals surface area contributed by atoms with Crippen LogP contribution >= 0.6 is 0 Å². The highest BCUT2D eigenvalue weighted by atomic mass is 14.6. The van der Waals surface area contributed by atoms with Gasteiger partial charge in [0.1, 0.15) is 0 Å². The Labute approximate surface area is 121 Å². The van der Waals surface area contributed by atoms with Gasteiger partial charge in [0.2, 0.25) is 0 Å². The first-order chi connectivity index (χ1) is 9.60. The van der Waals surface area contributed by atoms with Crippen LogP contribution in [0, 0.1) is 19.3 Å². The fourth-order valence-electron chi connectivity index (χ4n) is 3.72. The summed E-state index contributed by atoms with van der Waals surface area (Å²) in [7, 11) is 0. The third kappa shape index (κ3) is 2.51. The first-order valence-corrected chi connectivity index (χ1v) is 7.44. The highest BCUT2D eigenvalue weighted by Crippen LogP contribution is 2.39. The maximum atomic E-state index is 6.17. The Morgan fingerprint density at radius 3 is 2.00 bits per heavy atom. The summed E-state index contributed by atoms with van der Waals surface area (Å²) in [5.41, 5.74) is 13.5. The molecule has 1 nitrogen and oxygen atoms in total. The molecule has 1 aliphatic rings. The van der Waals surface area contributed by atoms with Gasteiger partial charge in [0.25, 0.3) is 0 Å². The van der Waals surface area contributed by atoms with Crippen LogP contribution in [0.5, 0.6) is 0 Å². The zero-order valence-corrected chi connectivity index (χ0v) is 12.4. The smallest absolute Gasteiger partial charge is 0.00109 e. The molecule has 20 heavy (non-hydrogen) atoms. The van der Waals surface area contributed by atoms with Gasteiger partial charge in [0.15, 0.2) is 0 Å². The van der Waals surface area contributed by atoms with Crippen molar-refractivity contribution in [3.8, 4) is 0 Å². The molecule has 3 rings (SSSR count). The average molecular weight is 265 g/mol. The minimum atomic E-state index is 0.212. The molecule has 0 radical (unpaired) electrons. The number of hydrogen-bond acceptors (Lipinski definition) is 1. The quantitative estimate of drug-likeness (QED) is 0.901. The Morgan fingerprint density at radius 2 is 1.50 bits per heavy atom. The van der Waals surface area contributed by atoms with Crippen molar-refractivity contribution in [2.45, 2.75) is 33.1 Å². The molecule has 0 aliphatic heterocycles. The van der Waals surface area contributed by atoms with Gasteiger partial charge in [-0.2, -0.15) is 0 Å². The molecular formula is C19H23N. The van der Waals surface area contributed by atoms with Crippen LogP contribution < -0.4 is 5.73 Å². The summed E-state index contributed by atoms with van der Waals surface area (Å²) in [4.78, 5) is 0. The molecule has 2 N–H and O–H groups in total. The predicted octanol–water partition coefficient (Wildman–Crippen LogP) is 3.59. The molecule has 2 aromatic rings. The van der Waals surface area contributed by atoms with E-state index in [1.54, 1.807) is 0 Å². The molecule has 0 amide bonds. The summed E-state index contributed by atoms with van der Waals surface area (Å²) >= 11 is 0. The second kappa shape index (κ2) is 5.06. The van der Waals surface area contributed by atoms with Crippen LogP contribution in [0.25, 0.3) is 0 Å². The van der Waals surface area contributed by atoms with Gasteiger partial charge in [-0.05, 0) is 61.8 Å². The largest absolute Gasteiger partial charge is 0.330 e. The summed E-state index contributed by atoms with van der Waals surface area (Å²) in [6.07, 6.45) is 3.32. The lowest BCUT2D eigenvalue weighted by molar-refractivity contribution is 0.315. The SMILES string of the molecule is Cc1cc(C)cc(CC2(CN)Cc3ccccc3C2)c1. The fourth-order valence-corrected chi connectivity index (χ4v) is 3.72. The van der Waals surface area contributed by atoms with Gasteiger partial charge in [-0.25, -0.2) is 0 Å². The fraction of sp³-hybridized carbons (Fsp3) is 0.368. The van der Waals surface area contributed by atoms with Crippen molar-refractivity contribution in [2.24, 2.45) is 11.1 Å². The molecule has 1 heteroatoms. The lowest BCUT2D eigenvalue weighted by atomic mass is 9.78. The second-order valence-corrected chi connectivity index (χ2v) is 6.50. The van der Waals surface area contributed by atoms with Crippen molar-refractivity contribution in [3.05, 3.63) is 70.3 Å². The van der Waals surface area contributed by atoms with Crippen molar-refractivity contribution in [1.82, 2.24) is 0 Å². The van der Waals surface area contributed by atoms with Crippen molar-refractivity contribution in [2.75, 3.05) is 6.54 Å². The van der Waals surface area contributed by atoms with Crippen molar-refractivity contribution >= 4 is 0 Å². The van der Waals surface area contributed by atoms with Gasteiger partial charge < -0.3 is 5.73 Å².